The third kappa shape index (κ3) is 2.77. The summed E-state index contributed by atoms with van der Waals surface area (Å²) in [5.74, 6) is 0.877. The summed E-state index contributed by atoms with van der Waals surface area (Å²) in [6.45, 7) is 7.03. The van der Waals surface area contributed by atoms with Gasteiger partial charge in [0.2, 0.25) is 0 Å². The Bertz CT molecular complexity index is 1180. The lowest BCUT2D eigenvalue weighted by Crippen LogP contribution is -2.25. The zero-order chi connectivity index (χ0) is 19.3. The van der Waals surface area contributed by atoms with Gasteiger partial charge in [0.15, 0.2) is 0 Å². The molecule has 139 valence electrons. The molecule has 1 aliphatic heterocycles. The van der Waals surface area contributed by atoms with Crippen molar-refractivity contribution in [3.8, 4) is 5.69 Å². The van der Waals surface area contributed by atoms with Crippen molar-refractivity contribution in [2.75, 3.05) is 11.4 Å². The minimum Gasteiger partial charge on any atom is -0.355 e. The van der Waals surface area contributed by atoms with E-state index in [-0.39, 0.29) is 6.04 Å². The molecule has 0 unspecified atom stereocenters. The lowest BCUT2D eigenvalue weighted by atomic mass is 10.1. The molecule has 0 spiro atoms. The molecule has 2 aromatic carbocycles. The predicted molar refractivity (Wildman–Crippen MR) is 110 cm³/mol. The molecule has 0 amide bonds. The van der Waals surface area contributed by atoms with Crippen molar-refractivity contribution in [2.24, 2.45) is 0 Å². The van der Waals surface area contributed by atoms with Crippen LogP contribution in [-0.2, 0) is 0 Å². The smallest absolute Gasteiger partial charge is 0.130 e. The van der Waals surface area contributed by atoms with Crippen molar-refractivity contribution < 1.29 is 0 Å². The third-order valence-corrected chi connectivity index (χ3v) is 5.34. The number of aromatic nitrogens is 5. The van der Waals surface area contributed by atoms with E-state index in [9.17, 15) is 0 Å². The quantitative estimate of drug-likeness (QED) is 0.527. The largest absolute Gasteiger partial charge is 0.355 e. The van der Waals surface area contributed by atoms with Gasteiger partial charge in [-0.1, -0.05) is 29.8 Å². The van der Waals surface area contributed by atoms with Crippen LogP contribution in [0.5, 0.6) is 0 Å². The van der Waals surface area contributed by atoms with Gasteiger partial charge in [-0.05, 0) is 43.2 Å². The van der Waals surface area contributed by atoms with Crippen LogP contribution in [-0.4, -0.2) is 31.5 Å². The molecule has 2 aromatic heterocycles. The maximum absolute atomic E-state index is 6.35. The molecule has 0 saturated carbocycles. The van der Waals surface area contributed by atoms with Crippen LogP contribution < -0.4 is 4.90 Å². The second-order valence-corrected chi connectivity index (χ2v) is 7.49. The van der Waals surface area contributed by atoms with Gasteiger partial charge in [-0.2, -0.15) is 10.2 Å². The number of halogens is 1. The Kier molecular flexibility index (Phi) is 3.94. The van der Waals surface area contributed by atoms with Crippen molar-refractivity contribution in [1.29, 1.82) is 0 Å². The van der Waals surface area contributed by atoms with Crippen molar-refractivity contribution in [1.82, 2.24) is 25.0 Å². The summed E-state index contributed by atoms with van der Waals surface area (Å²) in [5.41, 5.74) is 5.81. The number of benzene rings is 2. The summed E-state index contributed by atoms with van der Waals surface area (Å²) < 4.78 is 0. The van der Waals surface area contributed by atoms with E-state index in [2.05, 4.69) is 45.7 Å². The maximum atomic E-state index is 6.35. The van der Waals surface area contributed by atoms with E-state index >= 15 is 0 Å². The molecule has 1 saturated heterocycles. The predicted octanol–water partition coefficient (Wildman–Crippen LogP) is 4.41. The highest BCUT2D eigenvalue weighted by Crippen LogP contribution is 2.40. The summed E-state index contributed by atoms with van der Waals surface area (Å²) in [6.07, 6.45) is 4.15. The Hall–Kier alpha value is -3.12. The number of hydrogen-bond donors (Lipinski definition) is 1. The number of H-pyrrole nitrogens is 1. The summed E-state index contributed by atoms with van der Waals surface area (Å²) >= 11 is 6.35. The maximum Gasteiger partial charge on any atom is 0.130 e. The van der Waals surface area contributed by atoms with Crippen LogP contribution in [0.4, 0.5) is 5.69 Å². The molecule has 1 atom stereocenters. The topological polar surface area (TPSA) is 62.6 Å². The van der Waals surface area contributed by atoms with Crippen molar-refractivity contribution >= 4 is 28.3 Å². The van der Waals surface area contributed by atoms with Gasteiger partial charge in [0.05, 0.1) is 40.2 Å². The summed E-state index contributed by atoms with van der Waals surface area (Å²) in [6, 6.07) is 13.2. The Morgan fingerprint density at radius 1 is 1.29 bits per heavy atom. The molecule has 1 fully saturated rings. The summed E-state index contributed by atoms with van der Waals surface area (Å²) in [4.78, 5) is 12.1. The Balaban J connectivity index is 1.64. The van der Waals surface area contributed by atoms with E-state index < -0.39 is 0 Å². The van der Waals surface area contributed by atoms with Gasteiger partial charge in [-0.15, -0.1) is 4.80 Å². The van der Waals surface area contributed by atoms with E-state index in [4.69, 9.17) is 16.6 Å². The highest BCUT2D eigenvalue weighted by molar-refractivity contribution is 6.34. The molecule has 28 heavy (non-hydrogen) atoms. The fraction of sp³-hybridized carbons (Fsp3) is 0.190. The fourth-order valence-corrected chi connectivity index (χ4v) is 3.98. The number of imidazole rings is 1. The first kappa shape index (κ1) is 17.0. The van der Waals surface area contributed by atoms with Crippen molar-refractivity contribution in [3.05, 3.63) is 77.4 Å². The standard InChI is InChI=1S/C21H18ClN6/c1-13-6-7-17(28-23-8-9-24-28)18(10-13)27-12-14(2)11-19(27)21-25-16-5-3-4-15(22)20(16)26-21/h3-6,8-10,19H,2,11-12H2,1H3,(H,25,26)/t19-/m0/s1. The van der Waals surface area contributed by atoms with E-state index in [0.717, 1.165) is 52.3 Å². The monoisotopic (exact) mass is 389 g/mol. The Morgan fingerprint density at radius 2 is 2.11 bits per heavy atom. The van der Waals surface area contributed by atoms with Gasteiger partial charge in [-0.25, -0.2) is 4.98 Å². The number of nitrogens with zero attached hydrogens (tertiary/aromatic N) is 5. The number of hydrogen-bond acceptors (Lipinski definition) is 4. The van der Waals surface area contributed by atoms with Crippen LogP contribution in [0.2, 0.25) is 5.02 Å². The number of fused-ring (bicyclic) bond motifs is 1. The van der Waals surface area contributed by atoms with Crippen LogP contribution in [0, 0.1) is 13.0 Å². The lowest BCUT2D eigenvalue weighted by molar-refractivity contribution is 0.678. The Labute approximate surface area is 167 Å². The van der Waals surface area contributed by atoms with Crippen molar-refractivity contribution in [3.63, 3.8) is 0 Å². The first-order valence-corrected chi connectivity index (χ1v) is 9.44. The van der Waals surface area contributed by atoms with Gasteiger partial charge in [0, 0.05) is 12.6 Å². The van der Waals surface area contributed by atoms with E-state index in [0.29, 0.717) is 5.02 Å². The second kappa shape index (κ2) is 6.49. The molecule has 1 aliphatic rings. The number of aryl methyl sites for hydroxylation is 1. The molecule has 0 bridgehead atoms. The first-order valence-electron chi connectivity index (χ1n) is 9.06. The van der Waals surface area contributed by atoms with E-state index in [1.54, 1.807) is 17.2 Å². The first-order chi connectivity index (χ1) is 13.6. The second-order valence-electron chi connectivity index (χ2n) is 7.08. The van der Waals surface area contributed by atoms with E-state index in [1.807, 2.05) is 24.3 Å². The minimum absolute atomic E-state index is 0.0282. The van der Waals surface area contributed by atoms with Gasteiger partial charge < -0.3 is 9.88 Å². The molecule has 6 nitrogen and oxygen atoms in total. The molecule has 3 heterocycles. The van der Waals surface area contributed by atoms with Crippen LogP contribution in [0.1, 0.15) is 23.9 Å². The molecule has 4 aromatic rings. The average Bonchev–Trinajstić information content (AvgIpc) is 3.41. The zero-order valence-corrected chi connectivity index (χ0v) is 16.1. The van der Waals surface area contributed by atoms with Gasteiger partial charge in [0.25, 0.3) is 0 Å². The van der Waals surface area contributed by atoms with Crippen LogP contribution in [0.15, 0.2) is 54.9 Å². The van der Waals surface area contributed by atoms with Crippen LogP contribution in [0.3, 0.4) is 0 Å². The molecular weight excluding hydrogens is 372 g/mol. The minimum atomic E-state index is 0.0282. The highest BCUT2D eigenvalue weighted by Gasteiger charge is 2.33. The number of anilines is 1. The Morgan fingerprint density at radius 3 is 2.89 bits per heavy atom. The SMILES string of the molecule is C=C1C[C@@H](c2nc3cccc(Cl)c3[nH]2)N(c2cc(C)c[c]c2-n2nccn2)C1. The van der Waals surface area contributed by atoms with Crippen molar-refractivity contribution in [2.45, 2.75) is 19.4 Å². The fourth-order valence-electron chi connectivity index (χ4n) is 3.76. The molecule has 1 N–H and O–H groups in total. The molecule has 7 heteroatoms. The number of aromatic amines is 1. The molecule has 5 rings (SSSR count). The summed E-state index contributed by atoms with van der Waals surface area (Å²) in [5, 5.41) is 9.26. The molecule has 0 aliphatic carbocycles. The van der Waals surface area contributed by atoms with E-state index in [1.165, 1.54) is 0 Å². The van der Waals surface area contributed by atoms with Crippen LogP contribution in [0.25, 0.3) is 16.7 Å². The normalized spacial score (nSPS) is 17.0. The molecule has 1 radical (unpaired) electrons. The highest BCUT2D eigenvalue weighted by atomic mass is 35.5. The zero-order valence-electron chi connectivity index (χ0n) is 15.4. The lowest BCUT2D eigenvalue weighted by Gasteiger charge is -2.27. The van der Waals surface area contributed by atoms with Gasteiger partial charge in [0.1, 0.15) is 11.5 Å². The summed E-state index contributed by atoms with van der Waals surface area (Å²) in [7, 11) is 0. The number of para-hydroxylation sites is 1. The molecular formula is C21H18ClN6. The van der Waals surface area contributed by atoms with Gasteiger partial charge >= 0.3 is 0 Å². The average molecular weight is 390 g/mol. The third-order valence-electron chi connectivity index (χ3n) is 5.03. The van der Waals surface area contributed by atoms with Gasteiger partial charge in [-0.3, -0.25) is 0 Å². The number of rotatable bonds is 3. The van der Waals surface area contributed by atoms with Crippen LogP contribution >= 0.6 is 11.6 Å². The number of nitrogens with one attached hydrogen (secondary N) is 1.